The molecule has 1 fully saturated rings. The van der Waals surface area contributed by atoms with Crippen LogP contribution in [0.15, 0.2) is 24.3 Å². The molecule has 0 unspecified atom stereocenters. The molecule has 1 aromatic heterocycles. The maximum atomic E-state index is 12.2. The normalized spacial score (nSPS) is 19.3. The number of carbonyl (C=O) groups is 1. The first-order valence-corrected chi connectivity index (χ1v) is 7.73. The van der Waals surface area contributed by atoms with Crippen molar-refractivity contribution in [3.8, 4) is 0 Å². The Kier molecular flexibility index (Phi) is 2.79. The number of amides is 1. The molecule has 104 valence electrons. The summed E-state index contributed by atoms with van der Waals surface area (Å²) in [5, 5.41) is 4.11. The third-order valence-corrected chi connectivity index (χ3v) is 4.87. The van der Waals surface area contributed by atoms with E-state index >= 15 is 0 Å². The second kappa shape index (κ2) is 4.65. The molecule has 1 amide bonds. The molecule has 4 rings (SSSR count). The zero-order valence-electron chi connectivity index (χ0n) is 11.7. The largest absolute Gasteiger partial charge is 0.352 e. The lowest BCUT2D eigenvalue weighted by molar-refractivity contribution is 0.0946. The van der Waals surface area contributed by atoms with E-state index in [2.05, 4.69) is 28.1 Å². The molecule has 1 saturated carbocycles. The number of carbonyl (C=O) groups excluding carboxylic acids is 1. The lowest BCUT2D eigenvalue weighted by atomic mass is 10.1. The highest BCUT2D eigenvalue weighted by molar-refractivity contribution is 6.09. The Morgan fingerprint density at radius 3 is 2.85 bits per heavy atom. The van der Waals surface area contributed by atoms with Crippen LogP contribution in [0.25, 0.3) is 10.9 Å². The molecule has 2 heterocycles. The number of nitrogens with one attached hydrogen (secondary N) is 1. The van der Waals surface area contributed by atoms with Gasteiger partial charge in [0.15, 0.2) is 0 Å². The van der Waals surface area contributed by atoms with Crippen molar-refractivity contribution in [2.45, 2.75) is 38.6 Å². The van der Waals surface area contributed by atoms with Crippen LogP contribution in [-0.2, 0) is 13.0 Å². The summed E-state index contributed by atoms with van der Waals surface area (Å²) >= 11 is 0. The van der Waals surface area contributed by atoms with Gasteiger partial charge in [0.2, 0.25) is 0 Å². The average molecular weight is 268 g/mol. The molecule has 0 atom stereocenters. The van der Waals surface area contributed by atoms with Gasteiger partial charge in [0.1, 0.15) is 0 Å². The maximum absolute atomic E-state index is 12.2. The van der Waals surface area contributed by atoms with Crippen LogP contribution in [0.3, 0.4) is 0 Å². The van der Waals surface area contributed by atoms with Gasteiger partial charge in [0.25, 0.3) is 5.91 Å². The van der Waals surface area contributed by atoms with Gasteiger partial charge >= 0.3 is 0 Å². The first kappa shape index (κ1) is 12.0. The van der Waals surface area contributed by atoms with Crippen LogP contribution in [0.2, 0.25) is 0 Å². The van der Waals surface area contributed by atoms with Crippen molar-refractivity contribution in [1.29, 1.82) is 0 Å². The summed E-state index contributed by atoms with van der Waals surface area (Å²) in [7, 11) is 0. The Morgan fingerprint density at radius 1 is 1.20 bits per heavy atom. The zero-order valence-corrected chi connectivity index (χ0v) is 11.7. The van der Waals surface area contributed by atoms with Crippen LogP contribution < -0.4 is 5.32 Å². The SMILES string of the molecule is O=C1NCCc2c1c1ccccc1n2CC1CCCC1. The number of benzene rings is 1. The van der Waals surface area contributed by atoms with E-state index in [1.54, 1.807) is 0 Å². The summed E-state index contributed by atoms with van der Waals surface area (Å²) in [6.07, 6.45) is 6.38. The van der Waals surface area contributed by atoms with E-state index in [1.165, 1.54) is 36.9 Å². The van der Waals surface area contributed by atoms with Crippen LogP contribution in [0.4, 0.5) is 0 Å². The molecule has 0 saturated heterocycles. The molecule has 1 aliphatic heterocycles. The number of para-hydroxylation sites is 1. The minimum Gasteiger partial charge on any atom is -0.352 e. The van der Waals surface area contributed by atoms with Gasteiger partial charge < -0.3 is 9.88 Å². The molecule has 1 aromatic carbocycles. The zero-order chi connectivity index (χ0) is 13.5. The third kappa shape index (κ3) is 1.76. The molecule has 1 aliphatic carbocycles. The van der Waals surface area contributed by atoms with Gasteiger partial charge in [-0.3, -0.25) is 4.79 Å². The molecule has 2 aliphatic rings. The Hall–Kier alpha value is -1.77. The summed E-state index contributed by atoms with van der Waals surface area (Å²) in [5.74, 6) is 0.896. The van der Waals surface area contributed by atoms with Crippen LogP contribution in [-0.4, -0.2) is 17.0 Å². The van der Waals surface area contributed by atoms with Crippen molar-refractivity contribution in [2.24, 2.45) is 5.92 Å². The fraction of sp³-hybridized carbons (Fsp3) is 0.471. The van der Waals surface area contributed by atoms with Gasteiger partial charge in [0.05, 0.1) is 5.56 Å². The van der Waals surface area contributed by atoms with E-state index in [1.807, 2.05) is 6.07 Å². The van der Waals surface area contributed by atoms with E-state index in [-0.39, 0.29) is 5.91 Å². The first-order chi connectivity index (χ1) is 9.84. The van der Waals surface area contributed by atoms with E-state index in [9.17, 15) is 4.79 Å². The van der Waals surface area contributed by atoms with Crippen LogP contribution in [0.1, 0.15) is 41.7 Å². The molecule has 1 N–H and O–H groups in total. The van der Waals surface area contributed by atoms with Gasteiger partial charge in [-0.2, -0.15) is 0 Å². The Bertz CT molecular complexity index is 665. The summed E-state index contributed by atoms with van der Waals surface area (Å²) < 4.78 is 2.43. The fourth-order valence-electron chi connectivity index (χ4n) is 3.91. The Morgan fingerprint density at radius 2 is 2.00 bits per heavy atom. The summed E-state index contributed by atoms with van der Waals surface area (Å²) in [5.41, 5.74) is 3.41. The van der Waals surface area contributed by atoms with Crippen molar-refractivity contribution in [1.82, 2.24) is 9.88 Å². The van der Waals surface area contributed by atoms with Crippen molar-refractivity contribution in [3.63, 3.8) is 0 Å². The van der Waals surface area contributed by atoms with Gasteiger partial charge in [-0.1, -0.05) is 31.0 Å². The first-order valence-electron chi connectivity index (χ1n) is 7.73. The maximum Gasteiger partial charge on any atom is 0.253 e. The summed E-state index contributed by atoms with van der Waals surface area (Å²) in [6, 6.07) is 8.36. The summed E-state index contributed by atoms with van der Waals surface area (Å²) in [6.45, 7) is 1.86. The second-order valence-electron chi connectivity index (χ2n) is 6.11. The standard InChI is InChI=1S/C17H20N2O/c20-17-16-13-7-3-4-8-14(13)19(15(16)9-10-18-17)11-12-5-1-2-6-12/h3-4,7-8,12H,1-2,5-6,9-11H2,(H,18,20). The lowest BCUT2D eigenvalue weighted by Gasteiger charge is -2.19. The van der Waals surface area contributed by atoms with Gasteiger partial charge in [-0.05, 0) is 24.8 Å². The highest BCUT2D eigenvalue weighted by Crippen LogP contribution is 2.32. The van der Waals surface area contributed by atoms with E-state index in [0.717, 1.165) is 36.4 Å². The molecule has 3 heteroatoms. The molecule has 0 bridgehead atoms. The van der Waals surface area contributed by atoms with E-state index in [0.29, 0.717) is 0 Å². The predicted octanol–water partition coefficient (Wildman–Crippen LogP) is 3.12. The number of nitrogens with zero attached hydrogens (tertiary/aromatic N) is 1. The van der Waals surface area contributed by atoms with Crippen LogP contribution >= 0.6 is 0 Å². The van der Waals surface area contributed by atoms with Crippen LogP contribution in [0.5, 0.6) is 0 Å². The molecule has 3 nitrogen and oxygen atoms in total. The molecule has 0 spiro atoms. The highest BCUT2D eigenvalue weighted by Gasteiger charge is 2.27. The van der Waals surface area contributed by atoms with E-state index < -0.39 is 0 Å². The van der Waals surface area contributed by atoms with Crippen molar-refractivity contribution < 1.29 is 4.79 Å². The van der Waals surface area contributed by atoms with Crippen molar-refractivity contribution in [2.75, 3.05) is 6.54 Å². The van der Waals surface area contributed by atoms with E-state index in [4.69, 9.17) is 0 Å². The number of aromatic nitrogens is 1. The topological polar surface area (TPSA) is 34.0 Å². The summed E-state index contributed by atoms with van der Waals surface area (Å²) in [4.78, 5) is 12.2. The third-order valence-electron chi connectivity index (χ3n) is 4.87. The molecule has 20 heavy (non-hydrogen) atoms. The molecular formula is C17H20N2O. The quantitative estimate of drug-likeness (QED) is 0.892. The van der Waals surface area contributed by atoms with Gasteiger partial charge in [-0.25, -0.2) is 0 Å². The fourth-order valence-corrected chi connectivity index (χ4v) is 3.91. The number of hydrogen-bond donors (Lipinski definition) is 1. The number of hydrogen-bond acceptors (Lipinski definition) is 1. The number of fused-ring (bicyclic) bond motifs is 3. The van der Waals surface area contributed by atoms with Crippen LogP contribution in [0, 0.1) is 5.92 Å². The number of rotatable bonds is 2. The minimum absolute atomic E-state index is 0.104. The Balaban J connectivity index is 1.87. The Labute approximate surface area is 119 Å². The van der Waals surface area contributed by atoms with Gasteiger partial charge in [-0.15, -0.1) is 0 Å². The second-order valence-corrected chi connectivity index (χ2v) is 6.11. The predicted molar refractivity (Wildman–Crippen MR) is 79.9 cm³/mol. The minimum atomic E-state index is 0.104. The monoisotopic (exact) mass is 268 g/mol. The smallest absolute Gasteiger partial charge is 0.253 e. The molecule has 0 radical (unpaired) electrons. The molecule has 2 aromatic rings. The van der Waals surface area contributed by atoms with Gasteiger partial charge in [0, 0.05) is 36.1 Å². The average Bonchev–Trinajstić information content (AvgIpc) is 3.08. The van der Waals surface area contributed by atoms with Crippen molar-refractivity contribution in [3.05, 3.63) is 35.5 Å². The van der Waals surface area contributed by atoms with Crippen molar-refractivity contribution >= 4 is 16.8 Å². The highest BCUT2D eigenvalue weighted by atomic mass is 16.1. The molecular weight excluding hydrogens is 248 g/mol. The lowest BCUT2D eigenvalue weighted by Crippen LogP contribution is -2.32.